The first-order valence-corrected chi connectivity index (χ1v) is 6.94. The van der Waals surface area contributed by atoms with Crippen LogP contribution in [0.2, 0.25) is 0 Å². The number of rotatable bonds is 5. The van der Waals surface area contributed by atoms with Gasteiger partial charge in [0.05, 0.1) is 12.1 Å². The van der Waals surface area contributed by atoms with Crippen molar-refractivity contribution in [3.63, 3.8) is 0 Å². The molecular formula is C14H30N2O. The van der Waals surface area contributed by atoms with E-state index < -0.39 is 0 Å². The Hall–Kier alpha value is -0.120. The van der Waals surface area contributed by atoms with E-state index in [2.05, 4.69) is 25.7 Å². The van der Waals surface area contributed by atoms with Gasteiger partial charge in [0.1, 0.15) is 0 Å². The molecule has 1 atom stereocenters. The molecule has 0 radical (unpaired) electrons. The van der Waals surface area contributed by atoms with Gasteiger partial charge in [-0.25, -0.2) is 0 Å². The third kappa shape index (κ3) is 3.67. The van der Waals surface area contributed by atoms with Crippen LogP contribution in [-0.2, 0) is 4.74 Å². The molecule has 1 fully saturated rings. The quantitative estimate of drug-likeness (QED) is 0.803. The molecule has 1 aliphatic heterocycles. The average molecular weight is 242 g/mol. The highest BCUT2D eigenvalue weighted by Gasteiger charge is 2.36. The van der Waals surface area contributed by atoms with Crippen LogP contribution in [0.1, 0.15) is 46.5 Å². The number of hydrogen-bond donors (Lipinski definition) is 1. The summed E-state index contributed by atoms with van der Waals surface area (Å²) in [6.45, 7) is 10.7. The predicted octanol–water partition coefficient (Wildman–Crippen LogP) is 2.25. The zero-order valence-electron chi connectivity index (χ0n) is 12.1. The number of hydrogen-bond acceptors (Lipinski definition) is 3. The van der Waals surface area contributed by atoms with E-state index in [1.807, 2.05) is 0 Å². The van der Waals surface area contributed by atoms with Crippen molar-refractivity contribution in [1.82, 2.24) is 4.90 Å². The summed E-state index contributed by atoms with van der Waals surface area (Å²) in [5, 5.41) is 0. The maximum Gasteiger partial charge on any atom is 0.0658 e. The van der Waals surface area contributed by atoms with Crippen molar-refractivity contribution in [2.24, 2.45) is 11.1 Å². The lowest BCUT2D eigenvalue weighted by atomic mass is 9.85. The summed E-state index contributed by atoms with van der Waals surface area (Å²) >= 11 is 0. The van der Waals surface area contributed by atoms with E-state index in [1.54, 1.807) is 7.11 Å². The molecule has 1 heterocycles. The van der Waals surface area contributed by atoms with E-state index in [0.29, 0.717) is 12.0 Å². The fraction of sp³-hybridized carbons (Fsp3) is 1.00. The van der Waals surface area contributed by atoms with E-state index in [0.717, 1.165) is 26.1 Å². The van der Waals surface area contributed by atoms with Gasteiger partial charge >= 0.3 is 0 Å². The number of likely N-dealkylation sites (tertiary alicyclic amines) is 1. The lowest BCUT2D eigenvalue weighted by Gasteiger charge is -2.42. The molecule has 0 aromatic carbocycles. The Kier molecular flexibility index (Phi) is 5.42. The van der Waals surface area contributed by atoms with Crippen LogP contribution in [0.4, 0.5) is 0 Å². The van der Waals surface area contributed by atoms with Crippen molar-refractivity contribution in [2.45, 2.75) is 52.0 Å². The summed E-state index contributed by atoms with van der Waals surface area (Å²) in [4.78, 5) is 2.57. The van der Waals surface area contributed by atoms with Crippen LogP contribution in [0, 0.1) is 5.41 Å². The molecule has 1 rings (SSSR count). The molecule has 1 aliphatic rings. The van der Waals surface area contributed by atoms with Crippen LogP contribution in [0.25, 0.3) is 0 Å². The van der Waals surface area contributed by atoms with Crippen LogP contribution >= 0.6 is 0 Å². The molecule has 0 bridgehead atoms. The highest BCUT2D eigenvalue weighted by Crippen LogP contribution is 2.33. The van der Waals surface area contributed by atoms with Crippen LogP contribution in [-0.4, -0.2) is 43.8 Å². The van der Waals surface area contributed by atoms with Crippen LogP contribution < -0.4 is 5.73 Å². The Bertz CT molecular complexity index is 224. The first kappa shape index (κ1) is 14.9. The molecule has 0 aliphatic carbocycles. The van der Waals surface area contributed by atoms with Crippen molar-refractivity contribution < 1.29 is 4.74 Å². The standard InChI is InChI=1S/C14H30N2O/c1-5-14(11-15,12-17-4)16-9-6-7-13(2,3)8-10-16/h5-12,15H2,1-4H3. The molecule has 1 unspecified atom stereocenters. The zero-order chi connectivity index (χ0) is 12.9. The highest BCUT2D eigenvalue weighted by atomic mass is 16.5. The van der Waals surface area contributed by atoms with Gasteiger partial charge in [0.2, 0.25) is 0 Å². The second-order valence-corrected chi connectivity index (χ2v) is 6.22. The molecule has 1 saturated heterocycles. The average Bonchev–Trinajstić information content (AvgIpc) is 2.48. The highest BCUT2D eigenvalue weighted by molar-refractivity contribution is 4.93. The Morgan fingerprint density at radius 3 is 2.53 bits per heavy atom. The van der Waals surface area contributed by atoms with Gasteiger partial charge in [0.25, 0.3) is 0 Å². The molecule has 0 aromatic rings. The Labute approximate surface area is 107 Å². The normalized spacial score (nSPS) is 25.2. The van der Waals surface area contributed by atoms with Gasteiger partial charge < -0.3 is 10.5 Å². The molecule has 0 amide bonds. The number of methoxy groups -OCH3 is 1. The van der Waals surface area contributed by atoms with Gasteiger partial charge in [0.15, 0.2) is 0 Å². The number of nitrogens with zero attached hydrogens (tertiary/aromatic N) is 1. The smallest absolute Gasteiger partial charge is 0.0658 e. The Balaban J connectivity index is 2.74. The third-order valence-corrected chi connectivity index (χ3v) is 4.46. The van der Waals surface area contributed by atoms with E-state index >= 15 is 0 Å². The maximum absolute atomic E-state index is 6.03. The minimum absolute atomic E-state index is 0.0508. The molecule has 102 valence electrons. The van der Waals surface area contributed by atoms with Gasteiger partial charge in [-0.15, -0.1) is 0 Å². The zero-order valence-corrected chi connectivity index (χ0v) is 12.1. The summed E-state index contributed by atoms with van der Waals surface area (Å²) in [6, 6.07) is 0. The second kappa shape index (κ2) is 6.17. The van der Waals surface area contributed by atoms with Gasteiger partial charge in [-0.3, -0.25) is 4.90 Å². The van der Waals surface area contributed by atoms with Gasteiger partial charge in [0, 0.05) is 13.7 Å². The maximum atomic E-state index is 6.03. The Morgan fingerprint density at radius 1 is 1.29 bits per heavy atom. The number of ether oxygens (including phenoxy) is 1. The molecule has 17 heavy (non-hydrogen) atoms. The lowest BCUT2D eigenvalue weighted by molar-refractivity contribution is 0.0122. The largest absolute Gasteiger partial charge is 0.383 e. The second-order valence-electron chi connectivity index (χ2n) is 6.22. The number of nitrogens with two attached hydrogens (primary N) is 1. The van der Waals surface area contributed by atoms with E-state index in [1.165, 1.54) is 19.3 Å². The van der Waals surface area contributed by atoms with Gasteiger partial charge in [-0.2, -0.15) is 0 Å². The summed E-state index contributed by atoms with van der Waals surface area (Å²) in [5.74, 6) is 0. The molecule has 3 heteroatoms. The third-order valence-electron chi connectivity index (χ3n) is 4.46. The van der Waals surface area contributed by atoms with Crippen LogP contribution in [0.15, 0.2) is 0 Å². The van der Waals surface area contributed by atoms with E-state index in [9.17, 15) is 0 Å². The molecule has 0 spiro atoms. The molecule has 2 N–H and O–H groups in total. The van der Waals surface area contributed by atoms with Crippen LogP contribution in [0.3, 0.4) is 0 Å². The molecule has 0 saturated carbocycles. The van der Waals surface area contributed by atoms with Crippen molar-refractivity contribution in [2.75, 3.05) is 33.4 Å². The summed E-state index contributed by atoms with van der Waals surface area (Å²) in [6.07, 6.45) is 4.93. The van der Waals surface area contributed by atoms with Gasteiger partial charge in [-0.05, 0) is 44.2 Å². The predicted molar refractivity (Wildman–Crippen MR) is 73.2 cm³/mol. The topological polar surface area (TPSA) is 38.5 Å². The molecule has 3 nitrogen and oxygen atoms in total. The minimum atomic E-state index is 0.0508. The van der Waals surface area contributed by atoms with E-state index in [4.69, 9.17) is 10.5 Å². The van der Waals surface area contributed by atoms with Crippen LogP contribution in [0.5, 0.6) is 0 Å². The summed E-state index contributed by atoms with van der Waals surface area (Å²) < 4.78 is 5.41. The van der Waals surface area contributed by atoms with Gasteiger partial charge in [-0.1, -0.05) is 20.8 Å². The Morgan fingerprint density at radius 2 is 2.00 bits per heavy atom. The fourth-order valence-corrected chi connectivity index (χ4v) is 2.92. The summed E-state index contributed by atoms with van der Waals surface area (Å²) in [5.41, 5.74) is 6.56. The lowest BCUT2D eigenvalue weighted by Crippen LogP contribution is -2.57. The first-order chi connectivity index (χ1) is 7.99. The fourth-order valence-electron chi connectivity index (χ4n) is 2.92. The van der Waals surface area contributed by atoms with E-state index in [-0.39, 0.29) is 5.54 Å². The monoisotopic (exact) mass is 242 g/mol. The minimum Gasteiger partial charge on any atom is -0.383 e. The SMILES string of the molecule is CCC(CN)(COC)N1CCCC(C)(C)CC1. The van der Waals surface area contributed by atoms with Crippen molar-refractivity contribution in [1.29, 1.82) is 0 Å². The van der Waals surface area contributed by atoms with Crippen molar-refractivity contribution in [3.05, 3.63) is 0 Å². The molecule has 0 aromatic heterocycles. The first-order valence-electron chi connectivity index (χ1n) is 6.94. The van der Waals surface area contributed by atoms with Crippen molar-refractivity contribution >= 4 is 0 Å². The summed E-state index contributed by atoms with van der Waals surface area (Å²) in [7, 11) is 1.78. The van der Waals surface area contributed by atoms with Crippen molar-refractivity contribution in [3.8, 4) is 0 Å². The molecular weight excluding hydrogens is 212 g/mol.